The van der Waals surface area contributed by atoms with E-state index in [9.17, 15) is 0 Å². The Morgan fingerprint density at radius 1 is 1.06 bits per heavy atom. The van der Waals surface area contributed by atoms with Crippen LogP contribution in [0.1, 0.15) is 50.3 Å². The third-order valence-electron chi connectivity index (χ3n) is 3.80. The van der Waals surface area contributed by atoms with E-state index < -0.39 is 0 Å². The Balaban J connectivity index is 1.43. The van der Waals surface area contributed by atoms with E-state index in [-0.39, 0.29) is 0 Å². The van der Waals surface area contributed by atoms with Crippen molar-refractivity contribution in [1.82, 2.24) is 15.5 Å². The fourth-order valence-electron chi connectivity index (χ4n) is 2.60. The van der Waals surface area contributed by atoms with Gasteiger partial charge in [-0.3, -0.25) is 0 Å². The summed E-state index contributed by atoms with van der Waals surface area (Å²) in [4.78, 5) is 0. The first-order valence-electron chi connectivity index (χ1n) is 6.95. The van der Waals surface area contributed by atoms with E-state index >= 15 is 0 Å². The molecule has 2 aliphatic carbocycles. The maximum absolute atomic E-state index is 5.69. The molecule has 2 fully saturated rings. The van der Waals surface area contributed by atoms with E-state index in [4.69, 9.17) is 4.42 Å². The summed E-state index contributed by atoms with van der Waals surface area (Å²) in [6.45, 7) is 0.968. The van der Waals surface area contributed by atoms with Gasteiger partial charge in [-0.1, -0.05) is 12.8 Å². The molecule has 0 radical (unpaired) electrons. The van der Waals surface area contributed by atoms with Crippen molar-refractivity contribution < 1.29 is 4.42 Å². The van der Waals surface area contributed by atoms with Gasteiger partial charge in [0, 0.05) is 25.4 Å². The maximum Gasteiger partial charge on any atom is 0.217 e. The molecule has 3 rings (SSSR count). The molecule has 0 saturated heterocycles. The van der Waals surface area contributed by atoms with Gasteiger partial charge in [0.2, 0.25) is 11.8 Å². The Morgan fingerprint density at radius 3 is 2.59 bits per heavy atom. The average molecular weight is 235 g/mol. The lowest BCUT2D eigenvalue weighted by atomic mass is 10.0. The maximum atomic E-state index is 5.69. The molecule has 0 amide bonds. The molecule has 2 saturated carbocycles. The van der Waals surface area contributed by atoms with Crippen LogP contribution >= 0.6 is 0 Å². The highest BCUT2D eigenvalue weighted by molar-refractivity contribution is 4.87. The first-order chi connectivity index (χ1) is 8.40. The highest BCUT2D eigenvalue weighted by Crippen LogP contribution is 2.27. The van der Waals surface area contributed by atoms with E-state index in [1.807, 2.05) is 0 Å². The molecular weight excluding hydrogens is 214 g/mol. The predicted molar refractivity (Wildman–Crippen MR) is 64.7 cm³/mol. The minimum atomic E-state index is 0.760. The molecule has 1 aromatic rings. The molecule has 94 valence electrons. The quantitative estimate of drug-likeness (QED) is 0.820. The van der Waals surface area contributed by atoms with Crippen molar-refractivity contribution >= 4 is 0 Å². The van der Waals surface area contributed by atoms with Gasteiger partial charge in [-0.15, -0.1) is 10.2 Å². The van der Waals surface area contributed by atoms with Gasteiger partial charge in [-0.05, 0) is 31.6 Å². The van der Waals surface area contributed by atoms with Gasteiger partial charge in [0.25, 0.3) is 0 Å². The van der Waals surface area contributed by atoms with Crippen LogP contribution in [-0.2, 0) is 12.8 Å². The Hall–Kier alpha value is -0.900. The van der Waals surface area contributed by atoms with Crippen molar-refractivity contribution in [2.45, 2.75) is 57.4 Å². The van der Waals surface area contributed by atoms with Gasteiger partial charge in [-0.25, -0.2) is 0 Å². The normalized spacial score (nSPS) is 21.2. The standard InChI is InChI=1S/C13H21N3O/c1-2-4-10(3-1)9-13-16-15-12(17-13)7-8-14-11-5-6-11/h10-11,14H,1-9H2. The van der Waals surface area contributed by atoms with E-state index in [1.165, 1.54) is 38.5 Å². The summed E-state index contributed by atoms with van der Waals surface area (Å²) in [7, 11) is 0. The third kappa shape index (κ3) is 3.28. The lowest BCUT2D eigenvalue weighted by Crippen LogP contribution is -2.19. The number of nitrogens with one attached hydrogen (secondary N) is 1. The smallest absolute Gasteiger partial charge is 0.217 e. The first-order valence-corrected chi connectivity index (χ1v) is 6.95. The molecule has 0 spiro atoms. The molecule has 4 heteroatoms. The van der Waals surface area contributed by atoms with Crippen LogP contribution in [0.3, 0.4) is 0 Å². The summed E-state index contributed by atoms with van der Waals surface area (Å²) in [5.74, 6) is 2.43. The van der Waals surface area contributed by atoms with Crippen LogP contribution in [0.25, 0.3) is 0 Å². The summed E-state index contributed by atoms with van der Waals surface area (Å²) < 4.78 is 5.69. The molecule has 0 bridgehead atoms. The van der Waals surface area contributed by atoms with E-state index in [0.717, 1.165) is 43.1 Å². The molecule has 1 aromatic heterocycles. The average Bonchev–Trinajstić information content (AvgIpc) is 2.83. The Morgan fingerprint density at radius 2 is 1.82 bits per heavy atom. The molecule has 4 nitrogen and oxygen atoms in total. The van der Waals surface area contributed by atoms with Crippen molar-refractivity contribution in [3.05, 3.63) is 11.8 Å². The topological polar surface area (TPSA) is 51.0 Å². The Labute approximate surface area is 102 Å². The summed E-state index contributed by atoms with van der Waals surface area (Å²) in [6.07, 6.45) is 9.93. The van der Waals surface area contributed by atoms with Crippen molar-refractivity contribution in [3.63, 3.8) is 0 Å². The van der Waals surface area contributed by atoms with Gasteiger partial charge < -0.3 is 9.73 Å². The Kier molecular flexibility index (Phi) is 3.41. The van der Waals surface area contributed by atoms with Gasteiger partial charge in [0.1, 0.15) is 0 Å². The molecule has 0 aliphatic heterocycles. The van der Waals surface area contributed by atoms with Crippen LogP contribution in [0.5, 0.6) is 0 Å². The zero-order chi connectivity index (χ0) is 11.5. The van der Waals surface area contributed by atoms with Crippen molar-refractivity contribution in [3.8, 4) is 0 Å². The number of rotatable bonds is 6. The molecule has 17 heavy (non-hydrogen) atoms. The number of hydrogen-bond donors (Lipinski definition) is 1. The summed E-state index contributed by atoms with van der Waals surface area (Å²) in [5, 5.41) is 11.7. The second-order valence-electron chi connectivity index (χ2n) is 5.42. The van der Waals surface area contributed by atoms with E-state index in [0.29, 0.717) is 0 Å². The van der Waals surface area contributed by atoms with Crippen LogP contribution in [0.4, 0.5) is 0 Å². The Bertz CT molecular complexity index is 353. The summed E-state index contributed by atoms with van der Waals surface area (Å²) in [5.41, 5.74) is 0. The first kappa shape index (κ1) is 11.2. The van der Waals surface area contributed by atoms with Crippen molar-refractivity contribution in [1.29, 1.82) is 0 Å². The van der Waals surface area contributed by atoms with E-state index in [1.54, 1.807) is 0 Å². The van der Waals surface area contributed by atoms with Gasteiger partial charge in [0.15, 0.2) is 0 Å². The lowest BCUT2D eigenvalue weighted by Gasteiger charge is -2.03. The van der Waals surface area contributed by atoms with Crippen molar-refractivity contribution in [2.24, 2.45) is 5.92 Å². The monoisotopic (exact) mass is 235 g/mol. The molecule has 1 N–H and O–H groups in total. The second kappa shape index (κ2) is 5.17. The third-order valence-corrected chi connectivity index (χ3v) is 3.80. The molecule has 0 unspecified atom stereocenters. The number of hydrogen-bond acceptors (Lipinski definition) is 4. The molecular formula is C13H21N3O. The summed E-state index contributed by atoms with van der Waals surface area (Å²) in [6, 6.07) is 0.760. The minimum Gasteiger partial charge on any atom is -0.425 e. The minimum absolute atomic E-state index is 0.760. The molecule has 2 aliphatic rings. The molecule has 0 aromatic carbocycles. The highest BCUT2D eigenvalue weighted by Gasteiger charge is 2.21. The highest BCUT2D eigenvalue weighted by atomic mass is 16.4. The zero-order valence-corrected chi connectivity index (χ0v) is 10.3. The molecule has 1 heterocycles. The fourth-order valence-corrected chi connectivity index (χ4v) is 2.60. The number of nitrogens with zero attached hydrogens (tertiary/aromatic N) is 2. The van der Waals surface area contributed by atoms with Crippen LogP contribution in [-0.4, -0.2) is 22.8 Å². The second-order valence-corrected chi connectivity index (χ2v) is 5.42. The van der Waals surface area contributed by atoms with Crippen LogP contribution in [0, 0.1) is 5.92 Å². The zero-order valence-electron chi connectivity index (χ0n) is 10.3. The van der Waals surface area contributed by atoms with Crippen molar-refractivity contribution in [2.75, 3.05) is 6.54 Å². The van der Waals surface area contributed by atoms with Gasteiger partial charge >= 0.3 is 0 Å². The van der Waals surface area contributed by atoms with Gasteiger partial charge in [-0.2, -0.15) is 0 Å². The largest absolute Gasteiger partial charge is 0.425 e. The van der Waals surface area contributed by atoms with Gasteiger partial charge in [0.05, 0.1) is 0 Å². The number of aromatic nitrogens is 2. The SMILES string of the molecule is C1CCC(Cc2nnc(CCNC3CC3)o2)C1. The molecule has 0 atom stereocenters. The van der Waals surface area contributed by atoms with E-state index in [2.05, 4.69) is 15.5 Å². The van der Waals surface area contributed by atoms with Crippen LogP contribution in [0.2, 0.25) is 0 Å². The van der Waals surface area contributed by atoms with Crippen LogP contribution < -0.4 is 5.32 Å². The van der Waals surface area contributed by atoms with Crippen LogP contribution in [0.15, 0.2) is 4.42 Å². The fraction of sp³-hybridized carbons (Fsp3) is 0.846. The predicted octanol–water partition coefficient (Wildman–Crippen LogP) is 2.10. The summed E-state index contributed by atoms with van der Waals surface area (Å²) >= 11 is 0. The lowest BCUT2D eigenvalue weighted by molar-refractivity contribution is 0.405.